The summed E-state index contributed by atoms with van der Waals surface area (Å²) in [6.07, 6.45) is 7.28. The van der Waals surface area contributed by atoms with Gasteiger partial charge in [0.25, 0.3) is 5.91 Å². The van der Waals surface area contributed by atoms with Crippen LogP contribution in [0.2, 0.25) is 0 Å². The maximum Gasteiger partial charge on any atom is 0.326 e. The highest BCUT2D eigenvalue weighted by Gasteiger charge is 2.22. The van der Waals surface area contributed by atoms with E-state index in [1.54, 1.807) is 17.8 Å². The van der Waals surface area contributed by atoms with Crippen LogP contribution in [0.5, 0.6) is 0 Å². The van der Waals surface area contributed by atoms with E-state index < -0.39 is 12.0 Å². The lowest BCUT2D eigenvalue weighted by Crippen LogP contribution is -2.41. The van der Waals surface area contributed by atoms with E-state index in [4.69, 9.17) is 0 Å². The first-order chi connectivity index (χ1) is 18.0. The van der Waals surface area contributed by atoms with Crippen LogP contribution in [0, 0.1) is 6.92 Å². The van der Waals surface area contributed by atoms with Gasteiger partial charge in [-0.3, -0.25) is 4.79 Å². The highest BCUT2D eigenvalue weighted by molar-refractivity contribution is 7.98. The van der Waals surface area contributed by atoms with Gasteiger partial charge in [-0.15, -0.1) is 0 Å². The Labute approximate surface area is 222 Å². The molecule has 0 spiro atoms. The van der Waals surface area contributed by atoms with E-state index in [1.807, 2.05) is 61.7 Å². The molecule has 4 aromatic carbocycles. The molecule has 5 heteroatoms. The summed E-state index contributed by atoms with van der Waals surface area (Å²) in [7, 11) is 0. The van der Waals surface area contributed by atoms with Gasteiger partial charge in [-0.25, -0.2) is 4.79 Å². The molecule has 0 fully saturated rings. The van der Waals surface area contributed by atoms with Crippen molar-refractivity contribution in [1.82, 2.24) is 5.32 Å². The van der Waals surface area contributed by atoms with E-state index in [9.17, 15) is 14.7 Å². The second kappa shape index (κ2) is 12.4. The average molecular weight is 510 g/mol. The third-order valence-electron chi connectivity index (χ3n) is 6.42. The zero-order valence-corrected chi connectivity index (χ0v) is 21.9. The molecule has 1 unspecified atom stereocenters. The minimum atomic E-state index is -1.02. The second-order valence-electron chi connectivity index (χ2n) is 9.05. The summed E-state index contributed by atoms with van der Waals surface area (Å²) < 4.78 is 0. The first kappa shape index (κ1) is 26.2. The van der Waals surface area contributed by atoms with Crippen molar-refractivity contribution in [2.45, 2.75) is 25.8 Å². The summed E-state index contributed by atoms with van der Waals surface area (Å²) in [5.74, 6) is -0.741. The molecule has 0 aliphatic rings. The van der Waals surface area contributed by atoms with Crippen LogP contribution in [-0.2, 0) is 11.2 Å². The van der Waals surface area contributed by atoms with Crippen LogP contribution in [0.1, 0.15) is 33.5 Å². The van der Waals surface area contributed by atoms with Crippen molar-refractivity contribution >= 4 is 40.5 Å². The van der Waals surface area contributed by atoms with Gasteiger partial charge in [0.2, 0.25) is 0 Å². The average Bonchev–Trinajstić information content (AvgIpc) is 2.91. The molecule has 1 amide bonds. The van der Waals surface area contributed by atoms with E-state index in [1.165, 1.54) is 16.3 Å². The Morgan fingerprint density at radius 1 is 0.919 bits per heavy atom. The van der Waals surface area contributed by atoms with Gasteiger partial charge in [0.05, 0.1) is 0 Å². The number of carbonyl (C=O) groups is 2. The molecular formula is C32H31NO3S. The van der Waals surface area contributed by atoms with Gasteiger partial charge in [-0.05, 0) is 82.5 Å². The summed E-state index contributed by atoms with van der Waals surface area (Å²) in [6.45, 7) is 2.01. The molecule has 2 N–H and O–H groups in total. The lowest BCUT2D eigenvalue weighted by atomic mass is 9.93. The molecule has 0 saturated carbocycles. The summed E-state index contributed by atoms with van der Waals surface area (Å²) in [5, 5.41) is 14.8. The quantitative estimate of drug-likeness (QED) is 0.241. The number of hydrogen-bond donors (Lipinski definition) is 2. The third kappa shape index (κ3) is 6.69. The van der Waals surface area contributed by atoms with Gasteiger partial charge in [-0.1, -0.05) is 84.9 Å². The zero-order valence-electron chi connectivity index (χ0n) is 21.1. The fourth-order valence-electron chi connectivity index (χ4n) is 4.39. The van der Waals surface area contributed by atoms with Crippen LogP contribution in [0.15, 0.2) is 91.0 Å². The summed E-state index contributed by atoms with van der Waals surface area (Å²) in [6, 6.07) is 27.5. The molecular weight excluding hydrogens is 478 g/mol. The Bertz CT molecular complexity index is 1440. The molecule has 0 saturated heterocycles. The Hall–Kier alpha value is -3.83. The van der Waals surface area contributed by atoms with E-state index in [0.29, 0.717) is 17.7 Å². The van der Waals surface area contributed by atoms with Crippen molar-refractivity contribution < 1.29 is 14.7 Å². The van der Waals surface area contributed by atoms with Crippen molar-refractivity contribution in [3.8, 4) is 11.1 Å². The molecule has 0 aliphatic heterocycles. The molecule has 4 rings (SSSR count). The van der Waals surface area contributed by atoms with Gasteiger partial charge in [0.1, 0.15) is 6.04 Å². The maximum absolute atomic E-state index is 13.2. The maximum atomic E-state index is 13.2. The van der Waals surface area contributed by atoms with Gasteiger partial charge in [-0.2, -0.15) is 11.8 Å². The van der Waals surface area contributed by atoms with Crippen LogP contribution in [0.3, 0.4) is 0 Å². The Morgan fingerprint density at radius 3 is 2.43 bits per heavy atom. The number of rotatable bonds is 10. The molecule has 0 aliphatic carbocycles. The zero-order chi connectivity index (χ0) is 26.2. The van der Waals surface area contributed by atoms with Crippen LogP contribution in [0.25, 0.3) is 28.0 Å². The number of thioether (sulfide) groups is 1. The normalized spacial score (nSPS) is 12.1. The molecule has 4 aromatic rings. The number of nitrogens with one attached hydrogen (secondary N) is 1. The molecule has 188 valence electrons. The van der Waals surface area contributed by atoms with E-state index >= 15 is 0 Å². The number of fused-ring (bicyclic) bond motifs is 1. The standard InChI is InChI=1S/C32H31NO3S/c1-22-8-3-6-13-27(22)29-21-24(10-7-9-23-14-16-25-11-4-5-12-26(25)20-23)15-17-28(29)31(34)33-30(32(35)36)18-19-37-2/h3-8,10-17,20-21,30H,9,18-19H2,1-2H3,(H,33,34)(H,35,36). The molecule has 0 heterocycles. The van der Waals surface area contributed by atoms with E-state index in [-0.39, 0.29) is 5.91 Å². The Morgan fingerprint density at radius 2 is 1.68 bits per heavy atom. The fraction of sp³-hybridized carbons (Fsp3) is 0.188. The summed E-state index contributed by atoms with van der Waals surface area (Å²) >= 11 is 1.56. The number of carboxylic acid groups (broad SMARTS) is 1. The van der Waals surface area contributed by atoms with Crippen LogP contribution in [-0.4, -0.2) is 35.0 Å². The van der Waals surface area contributed by atoms with E-state index in [0.717, 1.165) is 28.7 Å². The summed E-state index contributed by atoms with van der Waals surface area (Å²) in [4.78, 5) is 25.0. The van der Waals surface area contributed by atoms with Gasteiger partial charge >= 0.3 is 5.97 Å². The number of aryl methyl sites for hydroxylation is 1. The molecule has 0 bridgehead atoms. The number of amides is 1. The summed E-state index contributed by atoms with van der Waals surface area (Å²) in [5.41, 5.74) is 5.47. The van der Waals surface area contributed by atoms with Gasteiger partial charge in [0.15, 0.2) is 0 Å². The van der Waals surface area contributed by atoms with Crippen molar-refractivity contribution in [3.63, 3.8) is 0 Å². The molecule has 0 radical (unpaired) electrons. The monoisotopic (exact) mass is 509 g/mol. The third-order valence-corrected chi connectivity index (χ3v) is 7.06. The lowest BCUT2D eigenvalue weighted by molar-refractivity contribution is -0.139. The number of allylic oxidation sites excluding steroid dienone is 1. The Balaban J connectivity index is 1.61. The van der Waals surface area contributed by atoms with Crippen molar-refractivity contribution in [2.75, 3.05) is 12.0 Å². The second-order valence-corrected chi connectivity index (χ2v) is 10.0. The van der Waals surface area contributed by atoms with E-state index in [2.05, 4.69) is 47.8 Å². The van der Waals surface area contributed by atoms with Crippen molar-refractivity contribution in [2.24, 2.45) is 0 Å². The van der Waals surface area contributed by atoms with Gasteiger partial charge < -0.3 is 10.4 Å². The molecule has 4 nitrogen and oxygen atoms in total. The predicted molar refractivity (Wildman–Crippen MR) is 155 cm³/mol. The molecule has 37 heavy (non-hydrogen) atoms. The topological polar surface area (TPSA) is 66.4 Å². The van der Waals surface area contributed by atoms with Crippen molar-refractivity contribution in [3.05, 3.63) is 113 Å². The van der Waals surface area contributed by atoms with Gasteiger partial charge in [0, 0.05) is 5.56 Å². The molecule has 1 atom stereocenters. The smallest absolute Gasteiger partial charge is 0.326 e. The number of carbonyl (C=O) groups excluding carboxylic acids is 1. The fourth-order valence-corrected chi connectivity index (χ4v) is 4.86. The minimum Gasteiger partial charge on any atom is -0.480 e. The lowest BCUT2D eigenvalue weighted by Gasteiger charge is -2.17. The highest BCUT2D eigenvalue weighted by atomic mass is 32.2. The minimum absolute atomic E-state index is 0.373. The highest BCUT2D eigenvalue weighted by Crippen LogP contribution is 2.29. The SMILES string of the molecule is CSCCC(NC(=O)c1ccc(C=CCc2ccc3ccccc3c2)cc1-c1ccccc1C)C(=O)O. The van der Waals surface area contributed by atoms with Crippen molar-refractivity contribution in [1.29, 1.82) is 0 Å². The largest absolute Gasteiger partial charge is 0.480 e. The first-order valence-electron chi connectivity index (χ1n) is 12.3. The first-order valence-corrected chi connectivity index (χ1v) is 13.7. The number of benzene rings is 4. The Kier molecular flexibility index (Phi) is 8.81. The number of aliphatic carboxylic acids is 1. The number of carboxylic acids is 1. The predicted octanol–water partition coefficient (Wildman–Crippen LogP) is 7.01. The van der Waals surface area contributed by atoms with Crippen LogP contribution >= 0.6 is 11.8 Å². The number of hydrogen-bond acceptors (Lipinski definition) is 3. The van der Waals surface area contributed by atoms with Crippen LogP contribution < -0.4 is 5.32 Å². The molecule has 0 aromatic heterocycles. The van der Waals surface area contributed by atoms with Crippen LogP contribution in [0.4, 0.5) is 0 Å².